The Kier molecular flexibility index (Phi) is 4.63. The number of benzene rings is 1. The lowest BCUT2D eigenvalue weighted by Gasteiger charge is -2.27. The number of alkyl halides is 2. The van der Waals surface area contributed by atoms with Gasteiger partial charge in [-0.25, -0.2) is 0 Å². The summed E-state index contributed by atoms with van der Waals surface area (Å²) < 4.78 is 31.6. The van der Waals surface area contributed by atoms with Crippen LogP contribution in [0, 0.1) is 5.92 Å². The summed E-state index contributed by atoms with van der Waals surface area (Å²) in [7, 11) is 0. The van der Waals surface area contributed by atoms with E-state index in [-0.39, 0.29) is 12.4 Å². The highest BCUT2D eigenvalue weighted by molar-refractivity contribution is 9.10. The monoisotopic (exact) mass is 374 g/mol. The Balaban J connectivity index is 1.84. The molecule has 1 heterocycles. The zero-order valence-electron chi connectivity index (χ0n) is 11.9. The second kappa shape index (κ2) is 6.50. The molecule has 0 radical (unpaired) electrons. The van der Waals surface area contributed by atoms with Crippen LogP contribution in [0.15, 0.2) is 22.8 Å². The van der Waals surface area contributed by atoms with E-state index < -0.39 is 6.61 Å². The Bertz CT molecular complexity index is 654. The molecule has 0 atom stereocenters. The van der Waals surface area contributed by atoms with Crippen LogP contribution in [-0.4, -0.2) is 28.1 Å². The molecule has 1 aromatic heterocycles. The van der Waals surface area contributed by atoms with E-state index in [1.807, 2.05) is 10.9 Å². The van der Waals surface area contributed by atoms with Crippen molar-refractivity contribution in [3.05, 3.63) is 22.8 Å². The molecule has 1 saturated carbocycles. The summed E-state index contributed by atoms with van der Waals surface area (Å²) in [5.41, 5.74) is 0.642. The van der Waals surface area contributed by atoms with Crippen molar-refractivity contribution in [1.29, 1.82) is 0 Å². The van der Waals surface area contributed by atoms with Crippen molar-refractivity contribution in [3.8, 4) is 5.75 Å². The minimum absolute atomic E-state index is 0.0942. The van der Waals surface area contributed by atoms with Crippen LogP contribution >= 0.6 is 15.9 Å². The van der Waals surface area contributed by atoms with Gasteiger partial charge in [-0.05, 0) is 53.6 Å². The van der Waals surface area contributed by atoms with E-state index in [0.29, 0.717) is 21.9 Å². The summed E-state index contributed by atoms with van der Waals surface area (Å²) in [6.07, 6.45) is 5.86. The standard InChI is InChI=1S/C15H17BrF2N2O2/c16-12-5-10-7-20(11-3-1-9(8-21)2-4-11)19-13(10)6-14(12)22-15(17)18/h5-7,9,11,15,21H,1-4,8H2/t9-,11-. The van der Waals surface area contributed by atoms with Gasteiger partial charge >= 0.3 is 6.61 Å². The molecule has 22 heavy (non-hydrogen) atoms. The first-order valence-electron chi connectivity index (χ1n) is 7.31. The van der Waals surface area contributed by atoms with Crippen molar-refractivity contribution >= 4 is 26.8 Å². The van der Waals surface area contributed by atoms with Gasteiger partial charge in [-0.15, -0.1) is 0 Å². The summed E-state index contributed by atoms with van der Waals surface area (Å²) in [6.45, 7) is -2.61. The minimum Gasteiger partial charge on any atom is -0.434 e. The lowest BCUT2D eigenvalue weighted by Crippen LogP contribution is -2.20. The van der Waals surface area contributed by atoms with Crippen LogP contribution in [0.25, 0.3) is 10.9 Å². The Labute approximate surface area is 135 Å². The Hall–Kier alpha value is -1.21. The maximum Gasteiger partial charge on any atom is 0.387 e. The molecular weight excluding hydrogens is 358 g/mol. The smallest absolute Gasteiger partial charge is 0.387 e. The fourth-order valence-corrected chi connectivity index (χ4v) is 3.46. The number of hydrogen-bond acceptors (Lipinski definition) is 3. The van der Waals surface area contributed by atoms with E-state index in [4.69, 9.17) is 0 Å². The molecule has 120 valence electrons. The number of rotatable bonds is 4. The van der Waals surface area contributed by atoms with Gasteiger partial charge in [-0.3, -0.25) is 4.68 Å². The molecule has 0 amide bonds. The molecule has 7 heteroatoms. The average molecular weight is 375 g/mol. The summed E-state index contributed by atoms with van der Waals surface area (Å²) in [5, 5.41) is 14.6. The summed E-state index contributed by atoms with van der Waals surface area (Å²) in [5.74, 6) is 0.484. The molecule has 1 aliphatic rings. The van der Waals surface area contributed by atoms with Crippen molar-refractivity contribution in [2.24, 2.45) is 5.92 Å². The van der Waals surface area contributed by atoms with E-state index in [9.17, 15) is 13.9 Å². The van der Waals surface area contributed by atoms with Gasteiger partial charge in [0.05, 0.1) is 16.0 Å². The number of nitrogens with zero attached hydrogens (tertiary/aromatic N) is 2. The highest BCUT2D eigenvalue weighted by Gasteiger charge is 2.23. The van der Waals surface area contributed by atoms with Gasteiger partial charge in [-0.2, -0.15) is 13.9 Å². The molecule has 2 aromatic rings. The molecule has 4 nitrogen and oxygen atoms in total. The maximum absolute atomic E-state index is 12.4. The zero-order chi connectivity index (χ0) is 15.7. The third-order valence-corrected chi connectivity index (χ3v) is 4.86. The fraction of sp³-hybridized carbons (Fsp3) is 0.533. The lowest BCUT2D eigenvalue weighted by atomic mass is 9.87. The fourth-order valence-electron chi connectivity index (χ4n) is 3.01. The van der Waals surface area contributed by atoms with Crippen LogP contribution < -0.4 is 4.74 Å². The first-order valence-corrected chi connectivity index (χ1v) is 8.10. The zero-order valence-corrected chi connectivity index (χ0v) is 13.5. The summed E-state index contributed by atoms with van der Waals surface area (Å²) in [4.78, 5) is 0. The van der Waals surface area contributed by atoms with Crippen LogP contribution in [0.5, 0.6) is 5.75 Å². The normalized spacial score (nSPS) is 22.4. The topological polar surface area (TPSA) is 47.3 Å². The Morgan fingerprint density at radius 1 is 1.32 bits per heavy atom. The predicted octanol–water partition coefficient (Wildman–Crippen LogP) is 4.12. The molecule has 1 aliphatic carbocycles. The van der Waals surface area contributed by atoms with Crippen LogP contribution in [0.3, 0.4) is 0 Å². The Morgan fingerprint density at radius 3 is 2.68 bits per heavy atom. The van der Waals surface area contributed by atoms with Crippen molar-refractivity contribution in [2.75, 3.05) is 6.61 Å². The van der Waals surface area contributed by atoms with E-state index in [2.05, 4.69) is 25.8 Å². The highest BCUT2D eigenvalue weighted by Crippen LogP contribution is 2.35. The van der Waals surface area contributed by atoms with Gasteiger partial charge in [0, 0.05) is 24.3 Å². The molecule has 1 N–H and O–H groups in total. The molecule has 0 bridgehead atoms. The van der Waals surface area contributed by atoms with Gasteiger partial charge in [0.1, 0.15) is 5.75 Å². The number of halogens is 3. The lowest BCUT2D eigenvalue weighted by molar-refractivity contribution is -0.0502. The van der Waals surface area contributed by atoms with Gasteiger partial charge < -0.3 is 9.84 Å². The number of ether oxygens (including phenoxy) is 1. The predicted molar refractivity (Wildman–Crippen MR) is 82.1 cm³/mol. The van der Waals surface area contributed by atoms with E-state index >= 15 is 0 Å². The molecule has 3 rings (SSSR count). The third-order valence-electron chi connectivity index (χ3n) is 4.24. The van der Waals surface area contributed by atoms with Crippen molar-refractivity contribution in [2.45, 2.75) is 38.3 Å². The number of aliphatic hydroxyl groups excluding tert-OH is 1. The second-order valence-corrected chi connectivity index (χ2v) is 6.54. The van der Waals surface area contributed by atoms with E-state index in [0.717, 1.165) is 31.1 Å². The number of fused-ring (bicyclic) bond motifs is 1. The molecule has 0 aliphatic heterocycles. The molecule has 0 saturated heterocycles. The van der Waals surface area contributed by atoms with Crippen LogP contribution in [0.1, 0.15) is 31.7 Å². The first kappa shape index (κ1) is 15.7. The summed E-state index contributed by atoms with van der Waals surface area (Å²) >= 11 is 3.25. The molecule has 0 spiro atoms. The van der Waals surface area contributed by atoms with Gasteiger partial charge in [0.25, 0.3) is 0 Å². The third kappa shape index (κ3) is 3.25. The average Bonchev–Trinajstić information content (AvgIpc) is 2.90. The quantitative estimate of drug-likeness (QED) is 0.875. The second-order valence-electron chi connectivity index (χ2n) is 5.69. The van der Waals surface area contributed by atoms with Crippen molar-refractivity contribution < 1.29 is 18.6 Å². The van der Waals surface area contributed by atoms with Crippen LogP contribution in [0.2, 0.25) is 0 Å². The first-order chi connectivity index (χ1) is 10.6. The van der Waals surface area contributed by atoms with Gasteiger partial charge in [0.15, 0.2) is 0 Å². The number of hydrogen-bond donors (Lipinski definition) is 1. The van der Waals surface area contributed by atoms with Crippen molar-refractivity contribution in [3.63, 3.8) is 0 Å². The van der Waals surface area contributed by atoms with Gasteiger partial charge in [0.2, 0.25) is 0 Å². The highest BCUT2D eigenvalue weighted by atomic mass is 79.9. The number of aromatic nitrogens is 2. The summed E-state index contributed by atoms with van der Waals surface area (Å²) in [6, 6.07) is 3.57. The van der Waals surface area contributed by atoms with Crippen molar-refractivity contribution in [1.82, 2.24) is 9.78 Å². The van der Waals surface area contributed by atoms with E-state index in [1.54, 1.807) is 6.07 Å². The Morgan fingerprint density at radius 2 is 2.05 bits per heavy atom. The SMILES string of the molecule is OC[C@H]1CC[C@H](n2cc3cc(Br)c(OC(F)F)cc3n2)CC1. The largest absolute Gasteiger partial charge is 0.434 e. The maximum atomic E-state index is 12.4. The van der Waals surface area contributed by atoms with Gasteiger partial charge in [-0.1, -0.05) is 0 Å². The molecule has 1 fully saturated rings. The molecular formula is C15H17BrF2N2O2. The molecule has 0 unspecified atom stereocenters. The molecule has 1 aromatic carbocycles. The van der Waals surface area contributed by atoms with Crippen LogP contribution in [-0.2, 0) is 0 Å². The minimum atomic E-state index is -2.86. The number of aliphatic hydroxyl groups is 1. The van der Waals surface area contributed by atoms with Crippen LogP contribution in [0.4, 0.5) is 8.78 Å². The van der Waals surface area contributed by atoms with E-state index in [1.165, 1.54) is 6.07 Å².